The van der Waals surface area contributed by atoms with Gasteiger partial charge >= 0.3 is 6.03 Å². The minimum absolute atomic E-state index is 0. The van der Waals surface area contributed by atoms with Crippen LogP contribution in [-0.4, -0.2) is 48.1 Å². The van der Waals surface area contributed by atoms with Crippen molar-refractivity contribution in [1.29, 1.82) is 0 Å². The molecular formula is C21H35ClN4O2. The van der Waals surface area contributed by atoms with Crippen LogP contribution in [0.25, 0.3) is 0 Å². The van der Waals surface area contributed by atoms with Crippen molar-refractivity contribution in [3.05, 3.63) is 35.9 Å². The van der Waals surface area contributed by atoms with Gasteiger partial charge in [-0.3, -0.25) is 4.79 Å². The number of nitrogens with zero attached hydrogens (tertiary/aromatic N) is 1. The summed E-state index contributed by atoms with van der Waals surface area (Å²) in [5.74, 6) is 0.421. The summed E-state index contributed by atoms with van der Waals surface area (Å²) in [6.07, 6.45) is 0. The molecule has 1 aromatic carbocycles. The quantitative estimate of drug-likeness (QED) is 0.697. The number of nitrogens with one attached hydrogen (secondary N) is 2. The van der Waals surface area contributed by atoms with Crippen LogP contribution < -0.4 is 16.4 Å². The summed E-state index contributed by atoms with van der Waals surface area (Å²) in [5, 5.41) is 5.73. The van der Waals surface area contributed by atoms with Crippen LogP contribution in [0.5, 0.6) is 0 Å². The Labute approximate surface area is 175 Å². The third-order valence-corrected chi connectivity index (χ3v) is 4.99. The summed E-state index contributed by atoms with van der Waals surface area (Å²) >= 11 is 0. The fourth-order valence-corrected chi connectivity index (χ4v) is 3.60. The fraction of sp³-hybridized carbons (Fsp3) is 0.619. The highest BCUT2D eigenvalue weighted by molar-refractivity contribution is 5.87. The van der Waals surface area contributed by atoms with Gasteiger partial charge in [0.15, 0.2) is 0 Å². The van der Waals surface area contributed by atoms with E-state index in [2.05, 4.69) is 22.8 Å². The highest BCUT2D eigenvalue weighted by atomic mass is 35.5. The summed E-state index contributed by atoms with van der Waals surface area (Å²) in [4.78, 5) is 27.3. The molecule has 1 heterocycles. The first-order valence-corrected chi connectivity index (χ1v) is 9.75. The Morgan fingerprint density at radius 2 is 1.79 bits per heavy atom. The Morgan fingerprint density at radius 1 is 1.18 bits per heavy atom. The smallest absolute Gasteiger partial charge is 0.315 e. The van der Waals surface area contributed by atoms with Crippen LogP contribution in [0.4, 0.5) is 4.79 Å². The standard InChI is InChI=1S/C21H34N4O2.ClH/c1-14(2)18(23-20(27)24-21(3,4)5)19(26)25-12-16(11-22)17(13-25)15-9-7-6-8-10-15;/h6-10,14,16-18H,11-13,22H2,1-5H3,(H2,23,24,27);1H/t16-,17+,18+;/m1./s1. The molecule has 7 heteroatoms. The van der Waals surface area contributed by atoms with Crippen molar-refractivity contribution in [2.45, 2.75) is 52.1 Å². The molecule has 0 aliphatic carbocycles. The SMILES string of the molecule is CC(C)[C@H](NC(=O)NC(C)(C)C)C(=O)N1C[C@@H](CN)[C@H](c2ccccc2)C1.Cl. The molecule has 4 N–H and O–H groups in total. The lowest BCUT2D eigenvalue weighted by Gasteiger charge is -2.29. The van der Waals surface area contributed by atoms with Gasteiger partial charge in [0.2, 0.25) is 5.91 Å². The summed E-state index contributed by atoms with van der Waals surface area (Å²) in [5.41, 5.74) is 6.85. The highest BCUT2D eigenvalue weighted by Gasteiger charge is 2.38. The van der Waals surface area contributed by atoms with E-state index in [0.29, 0.717) is 19.6 Å². The van der Waals surface area contributed by atoms with Gasteiger partial charge in [-0.05, 0) is 44.7 Å². The number of halogens is 1. The molecule has 28 heavy (non-hydrogen) atoms. The number of carbonyl (C=O) groups is 2. The van der Waals surface area contributed by atoms with Gasteiger partial charge in [-0.2, -0.15) is 0 Å². The maximum absolute atomic E-state index is 13.2. The maximum atomic E-state index is 13.2. The average Bonchev–Trinajstić information content (AvgIpc) is 3.02. The van der Waals surface area contributed by atoms with Crippen LogP contribution in [-0.2, 0) is 4.79 Å². The molecule has 2 rings (SSSR count). The molecule has 1 aliphatic heterocycles. The van der Waals surface area contributed by atoms with E-state index in [1.54, 1.807) is 0 Å². The van der Waals surface area contributed by atoms with Crippen molar-refractivity contribution < 1.29 is 9.59 Å². The van der Waals surface area contributed by atoms with Gasteiger partial charge in [-0.15, -0.1) is 12.4 Å². The zero-order chi connectivity index (χ0) is 20.2. The Morgan fingerprint density at radius 3 is 2.29 bits per heavy atom. The zero-order valence-corrected chi connectivity index (χ0v) is 18.4. The van der Waals surface area contributed by atoms with Crippen molar-refractivity contribution in [3.63, 3.8) is 0 Å². The van der Waals surface area contributed by atoms with Gasteiger partial charge in [0.1, 0.15) is 6.04 Å². The van der Waals surface area contributed by atoms with Crippen molar-refractivity contribution >= 4 is 24.3 Å². The van der Waals surface area contributed by atoms with Crippen molar-refractivity contribution in [2.24, 2.45) is 17.6 Å². The zero-order valence-electron chi connectivity index (χ0n) is 17.6. The second kappa shape index (κ2) is 10.1. The number of rotatable bonds is 5. The number of amides is 3. The van der Waals surface area contributed by atoms with Gasteiger partial charge in [0.25, 0.3) is 0 Å². The van der Waals surface area contributed by atoms with E-state index in [4.69, 9.17) is 5.73 Å². The van der Waals surface area contributed by atoms with E-state index >= 15 is 0 Å². The van der Waals surface area contributed by atoms with Gasteiger partial charge in [0, 0.05) is 24.5 Å². The largest absolute Gasteiger partial charge is 0.340 e. The molecule has 0 bridgehead atoms. The van der Waals surface area contributed by atoms with E-state index in [1.165, 1.54) is 5.56 Å². The lowest BCUT2D eigenvalue weighted by Crippen LogP contribution is -2.56. The minimum Gasteiger partial charge on any atom is -0.340 e. The van der Waals surface area contributed by atoms with Crippen LogP contribution >= 0.6 is 12.4 Å². The molecule has 0 saturated carbocycles. The third-order valence-electron chi connectivity index (χ3n) is 4.99. The number of benzene rings is 1. The van der Waals surface area contributed by atoms with Gasteiger partial charge < -0.3 is 21.3 Å². The number of nitrogens with two attached hydrogens (primary N) is 1. The fourth-order valence-electron chi connectivity index (χ4n) is 3.60. The molecule has 158 valence electrons. The number of urea groups is 1. The summed E-state index contributed by atoms with van der Waals surface area (Å²) in [7, 11) is 0. The topological polar surface area (TPSA) is 87.5 Å². The Balaban J connectivity index is 0.00000392. The second-order valence-corrected chi connectivity index (χ2v) is 8.83. The van der Waals surface area contributed by atoms with Gasteiger partial charge in [-0.1, -0.05) is 44.2 Å². The summed E-state index contributed by atoms with van der Waals surface area (Å²) in [6, 6.07) is 9.34. The van der Waals surface area contributed by atoms with Crippen LogP contribution in [0.2, 0.25) is 0 Å². The third kappa shape index (κ3) is 6.38. The Kier molecular flexibility index (Phi) is 8.76. The molecule has 1 fully saturated rings. The van der Waals surface area contributed by atoms with Crippen LogP contribution in [0.15, 0.2) is 30.3 Å². The van der Waals surface area contributed by atoms with E-state index < -0.39 is 6.04 Å². The lowest BCUT2D eigenvalue weighted by atomic mass is 9.89. The Hall–Kier alpha value is -1.79. The molecule has 0 spiro atoms. The first-order valence-electron chi connectivity index (χ1n) is 9.75. The van der Waals surface area contributed by atoms with Crippen molar-refractivity contribution in [1.82, 2.24) is 15.5 Å². The molecular weight excluding hydrogens is 376 g/mol. The predicted octanol–water partition coefficient (Wildman–Crippen LogP) is 2.73. The second-order valence-electron chi connectivity index (χ2n) is 8.83. The van der Waals surface area contributed by atoms with Crippen molar-refractivity contribution in [3.8, 4) is 0 Å². The van der Waals surface area contributed by atoms with E-state index in [1.807, 2.05) is 57.7 Å². The molecule has 0 radical (unpaired) electrons. The predicted molar refractivity (Wildman–Crippen MR) is 116 cm³/mol. The highest BCUT2D eigenvalue weighted by Crippen LogP contribution is 2.32. The molecule has 0 unspecified atom stereocenters. The summed E-state index contributed by atoms with van der Waals surface area (Å²) in [6.45, 7) is 11.4. The molecule has 1 aromatic rings. The molecule has 1 saturated heterocycles. The van der Waals surface area contributed by atoms with Crippen LogP contribution in [0.1, 0.15) is 46.1 Å². The number of likely N-dealkylation sites (tertiary alicyclic amines) is 1. The molecule has 3 amide bonds. The van der Waals surface area contributed by atoms with E-state index in [9.17, 15) is 9.59 Å². The number of hydrogen-bond acceptors (Lipinski definition) is 3. The molecule has 0 aromatic heterocycles. The molecule has 6 nitrogen and oxygen atoms in total. The van der Waals surface area contributed by atoms with E-state index in [-0.39, 0.29) is 47.6 Å². The summed E-state index contributed by atoms with van der Waals surface area (Å²) < 4.78 is 0. The molecule has 3 atom stereocenters. The van der Waals surface area contributed by atoms with Crippen LogP contribution in [0, 0.1) is 11.8 Å². The van der Waals surface area contributed by atoms with Gasteiger partial charge in [0.05, 0.1) is 0 Å². The van der Waals surface area contributed by atoms with Crippen LogP contribution in [0.3, 0.4) is 0 Å². The Bertz CT molecular complexity index is 646. The first-order chi connectivity index (χ1) is 12.6. The average molecular weight is 411 g/mol. The normalized spacial score (nSPS) is 20.5. The van der Waals surface area contributed by atoms with Gasteiger partial charge in [-0.25, -0.2) is 4.79 Å². The first kappa shape index (κ1) is 24.2. The monoisotopic (exact) mass is 410 g/mol. The van der Waals surface area contributed by atoms with E-state index in [0.717, 1.165) is 0 Å². The number of hydrogen-bond donors (Lipinski definition) is 3. The molecule has 1 aliphatic rings. The maximum Gasteiger partial charge on any atom is 0.315 e. The lowest BCUT2D eigenvalue weighted by molar-refractivity contribution is -0.133. The van der Waals surface area contributed by atoms with Crippen molar-refractivity contribution in [2.75, 3.05) is 19.6 Å². The minimum atomic E-state index is -0.555. The number of carbonyl (C=O) groups excluding carboxylic acids is 2.